The molecular weight excluding hydrogens is 1160 g/mol. The fraction of sp³-hybridized carbons (Fsp3) is 0.449. The number of fused-ring (bicyclic) bond motifs is 4. The standard InChI is InChI=1S/C27H32FN3O3.C13H18N4O5.C7H12NO3.2CH3NO.Pb/c1-6-17(13-32)20-10-25-26-18(12-31(25)27(33)22(20)14-34-5)9-21-19(8-7-15(2)29-4)16(3)23(28)11-24(21)30-26;1-8-2-3-11(19)17(8)9(6-15-7-12(20)21)13(22)16-5-4-10(14)18;1-2-3-7(10)8-6-11-5-4-9;2*2-1-3;/h9-11,13,15,17,29H,6-8,12,14H2,1-5H3;2-3,9,15H,1,4-7H2,(H2,14,18)(H,16,22)(H,20,21);4H,1-3,5-6H2,(H,8,10);2*1H,(H2,2,3);. The Bertz CT molecular complexity index is 2500. The molecule has 3 radical (unpaired) electrons. The van der Waals surface area contributed by atoms with Crippen molar-refractivity contribution in [2.75, 3.05) is 47.1 Å². The SMILES string of the molecule is C=C1C=CC(=O)N1C(CNCC(=O)O)C(=O)NCCC(N)=O.CCC(C=O)c1cc2n(c(=O)c1COC)Cc1cc3c(CCC(C)NC)c(C)c(F)cc3nc1-2.NC=O.NC=O.O=CCOCNC(=O)CC[CH2][Pb]. The van der Waals surface area contributed by atoms with Crippen molar-refractivity contribution in [1.29, 1.82) is 0 Å². The number of aryl methyl sites for hydroxylation is 1. The minimum atomic E-state index is -1.09. The molecule has 0 bridgehead atoms. The summed E-state index contributed by atoms with van der Waals surface area (Å²) < 4.78 is 27.7. The van der Waals surface area contributed by atoms with E-state index < -0.39 is 35.7 Å². The predicted molar refractivity (Wildman–Crippen MR) is 273 cm³/mol. The number of methoxy groups -OCH3 is 1. The van der Waals surface area contributed by atoms with Crippen molar-refractivity contribution in [2.24, 2.45) is 17.2 Å². The third-order valence-electron chi connectivity index (χ3n) is 11.2. The van der Waals surface area contributed by atoms with Crippen LogP contribution in [0.3, 0.4) is 0 Å². The van der Waals surface area contributed by atoms with Crippen molar-refractivity contribution >= 4 is 91.7 Å². The van der Waals surface area contributed by atoms with Crippen LogP contribution in [-0.2, 0) is 72.2 Å². The number of nitrogens with two attached hydrogens (primary N) is 3. The summed E-state index contributed by atoms with van der Waals surface area (Å²) in [6.45, 7) is 9.82. The fourth-order valence-electron chi connectivity index (χ4n) is 7.35. The number of nitrogens with one attached hydrogen (secondary N) is 4. The molecule has 2 aromatic heterocycles. The minimum absolute atomic E-state index is 0.00301. The van der Waals surface area contributed by atoms with Crippen molar-refractivity contribution in [2.45, 2.75) is 94.4 Å². The van der Waals surface area contributed by atoms with E-state index >= 15 is 0 Å². The van der Waals surface area contributed by atoms with E-state index in [9.17, 15) is 42.7 Å². The Kier molecular flexibility index (Phi) is 31.4. The Morgan fingerprint density at radius 1 is 1.04 bits per heavy atom. The van der Waals surface area contributed by atoms with Crippen LogP contribution in [0.1, 0.15) is 79.7 Å². The maximum atomic E-state index is 14.9. The van der Waals surface area contributed by atoms with Gasteiger partial charge in [0.25, 0.3) is 11.5 Å². The first-order chi connectivity index (χ1) is 35.3. The third-order valence-corrected chi connectivity index (χ3v) is 12.5. The molecule has 0 saturated heterocycles. The summed E-state index contributed by atoms with van der Waals surface area (Å²) in [5.41, 5.74) is 19.1. The number of halogens is 1. The number of amides is 6. The number of ether oxygens (including phenoxy) is 2. The van der Waals surface area contributed by atoms with Crippen LogP contribution in [0.25, 0.3) is 22.3 Å². The number of aromatic nitrogens is 2. The molecule has 23 nitrogen and oxygen atoms in total. The molecule has 1 aromatic carbocycles. The van der Waals surface area contributed by atoms with E-state index in [1.165, 1.54) is 18.2 Å². The van der Waals surface area contributed by atoms with E-state index in [4.69, 9.17) is 34.9 Å². The number of carboxylic acid groups (broad SMARTS) is 1. The molecule has 0 fully saturated rings. The number of carbonyl (C=O) groups excluding carboxylic acids is 8. The number of carboxylic acids is 1. The van der Waals surface area contributed by atoms with Gasteiger partial charge in [-0.15, -0.1) is 0 Å². The number of hydrogen-bond acceptors (Lipinski definition) is 15. The van der Waals surface area contributed by atoms with Crippen molar-refractivity contribution in [1.82, 2.24) is 35.7 Å². The first-order valence-electron chi connectivity index (χ1n) is 23.2. The first kappa shape index (κ1) is 65.4. The monoisotopic (exact) mass is 1230 g/mol. The van der Waals surface area contributed by atoms with Gasteiger partial charge >= 0.3 is 93.7 Å². The third kappa shape index (κ3) is 20.7. The molecule has 11 N–H and O–H groups in total. The van der Waals surface area contributed by atoms with Crippen LogP contribution < -0.4 is 44.0 Å². The molecule has 3 atom stereocenters. The zero-order valence-electron chi connectivity index (χ0n) is 42.3. The molecule has 2 aliphatic heterocycles. The molecule has 3 unspecified atom stereocenters. The summed E-state index contributed by atoms with van der Waals surface area (Å²) in [5.74, 6) is -3.27. The number of aldehydes is 2. The molecule has 0 spiro atoms. The Hall–Kier alpha value is -6.62. The number of hydrogen-bond donors (Lipinski definition) is 8. The number of nitrogens with zero attached hydrogens (tertiary/aromatic N) is 3. The number of carbonyl (C=O) groups is 9. The second-order valence-electron chi connectivity index (χ2n) is 16.2. The average Bonchev–Trinajstić information content (AvgIpc) is 3.89. The van der Waals surface area contributed by atoms with E-state index in [1.54, 1.807) is 11.7 Å². The Morgan fingerprint density at radius 3 is 2.26 bits per heavy atom. The molecule has 6 amide bonds. The van der Waals surface area contributed by atoms with Crippen molar-refractivity contribution in [3.05, 3.63) is 86.6 Å². The van der Waals surface area contributed by atoms with Crippen LogP contribution in [0, 0.1) is 12.7 Å². The van der Waals surface area contributed by atoms with Crippen molar-refractivity contribution < 1.29 is 62.1 Å². The van der Waals surface area contributed by atoms with Gasteiger partial charge in [0.05, 0.1) is 36.6 Å². The molecule has 74 heavy (non-hydrogen) atoms. The Balaban J connectivity index is 0.000000585. The number of rotatable bonds is 25. The first-order valence-corrected chi connectivity index (χ1v) is 26.0. The Labute approximate surface area is 444 Å². The summed E-state index contributed by atoms with van der Waals surface area (Å²) in [6, 6.07) is 4.77. The van der Waals surface area contributed by atoms with Gasteiger partial charge in [-0.3, -0.25) is 38.5 Å². The van der Waals surface area contributed by atoms with Crippen LogP contribution in [0.15, 0.2) is 47.4 Å². The normalized spacial score (nSPS) is 12.8. The molecule has 0 aliphatic carbocycles. The second kappa shape index (κ2) is 35.5. The summed E-state index contributed by atoms with van der Waals surface area (Å²) in [5, 5.41) is 20.4. The van der Waals surface area contributed by atoms with Crippen molar-refractivity contribution in [3.63, 3.8) is 0 Å². The van der Waals surface area contributed by atoms with E-state index in [1.807, 2.05) is 27.0 Å². The van der Waals surface area contributed by atoms with Crippen LogP contribution in [0.4, 0.5) is 4.39 Å². The molecule has 5 rings (SSSR count). The van der Waals surface area contributed by atoms with Crippen molar-refractivity contribution in [3.8, 4) is 11.4 Å². The van der Waals surface area contributed by atoms with Gasteiger partial charge in [-0.1, -0.05) is 13.5 Å². The van der Waals surface area contributed by atoms with Crippen LogP contribution >= 0.6 is 0 Å². The summed E-state index contributed by atoms with van der Waals surface area (Å²) in [4.78, 5) is 114. The van der Waals surface area contributed by atoms with E-state index in [0.29, 0.717) is 71.0 Å². The molecule has 2 aliphatic rings. The number of primary amides is 3. The van der Waals surface area contributed by atoms with Crippen LogP contribution in [0.5, 0.6) is 0 Å². The quantitative estimate of drug-likeness (QED) is 0.0188. The van der Waals surface area contributed by atoms with Gasteiger partial charge in [-0.05, 0) is 75.1 Å². The molecule has 0 saturated carbocycles. The van der Waals surface area contributed by atoms with Gasteiger partial charge in [-0.25, -0.2) is 9.37 Å². The topological polar surface area (TPSA) is 357 Å². The van der Waals surface area contributed by atoms with Gasteiger partial charge < -0.3 is 52.4 Å². The number of allylic oxidation sites excluding steroid dienone is 1. The fourth-order valence-corrected chi connectivity index (χ4v) is 8.04. The Morgan fingerprint density at radius 2 is 1.72 bits per heavy atom. The summed E-state index contributed by atoms with van der Waals surface area (Å²) >= 11 is 1.14. The van der Waals surface area contributed by atoms with Crippen LogP contribution in [-0.4, -0.2) is 160 Å². The second-order valence-corrected chi connectivity index (χ2v) is 18.1. The van der Waals surface area contributed by atoms with Gasteiger partial charge in [0.1, 0.15) is 18.1 Å². The number of aliphatic carboxylic acids is 1. The molecule has 3 aromatic rings. The number of benzene rings is 1. The molecular formula is C49H68FN10O13Pb. The van der Waals surface area contributed by atoms with Gasteiger partial charge in [0, 0.05) is 72.9 Å². The number of pyridine rings is 2. The predicted octanol–water partition coefficient (Wildman–Crippen LogP) is 0.0306. The van der Waals surface area contributed by atoms with Gasteiger partial charge in [-0.2, -0.15) is 0 Å². The molecule has 25 heteroatoms. The average molecular weight is 1230 g/mol. The molecule has 403 valence electrons. The zero-order valence-corrected chi connectivity index (χ0v) is 46.2. The molecule has 4 heterocycles. The van der Waals surface area contributed by atoms with Gasteiger partial charge in [0.15, 0.2) is 0 Å². The van der Waals surface area contributed by atoms with E-state index in [2.05, 4.69) is 52.3 Å². The summed E-state index contributed by atoms with van der Waals surface area (Å²) in [6.07, 6.45) is 8.44. The maximum absolute atomic E-state index is 14.9. The summed E-state index contributed by atoms with van der Waals surface area (Å²) in [7, 11) is 3.46. The van der Waals surface area contributed by atoms with E-state index in [0.717, 1.165) is 76.7 Å². The van der Waals surface area contributed by atoms with E-state index in [-0.39, 0.29) is 76.1 Å². The zero-order chi connectivity index (χ0) is 55.9. The van der Waals surface area contributed by atoms with Crippen LogP contribution in [0.2, 0.25) is 3.98 Å². The van der Waals surface area contributed by atoms with Gasteiger partial charge in [0.2, 0.25) is 24.6 Å².